The van der Waals surface area contributed by atoms with Gasteiger partial charge < -0.3 is 15.3 Å². The van der Waals surface area contributed by atoms with E-state index in [2.05, 4.69) is 5.32 Å². The molecule has 0 fully saturated rings. The lowest BCUT2D eigenvalue weighted by Gasteiger charge is -2.27. The van der Waals surface area contributed by atoms with E-state index in [1.54, 1.807) is 24.0 Å². The zero-order valence-electron chi connectivity index (χ0n) is 12.4. The second kappa shape index (κ2) is 6.93. The highest BCUT2D eigenvalue weighted by Crippen LogP contribution is 2.20. The van der Waals surface area contributed by atoms with Gasteiger partial charge in [0.15, 0.2) is 0 Å². The highest BCUT2D eigenvalue weighted by atomic mass is 16.4. The summed E-state index contributed by atoms with van der Waals surface area (Å²) in [5.74, 6) is -0.993. The highest BCUT2D eigenvalue weighted by molar-refractivity contribution is 5.95. The van der Waals surface area contributed by atoms with Gasteiger partial charge in [-0.05, 0) is 44.9 Å². The van der Waals surface area contributed by atoms with Crippen molar-refractivity contribution in [3.8, 4) is 0 Å². The Morgan fingerprint density at radius 2 is 2.00 bits per heavy atom. The maximum Gasteiger partial charge on any atom is 0.336 e. The van der Waals surface area contributed by atoms with Gasteiger partial charge in [-0.25, -0.2) is 9.59 Å². The second-order valence-corrected chi connectivity index (χ2v) is 4.76. The number of carboxylic acids is 1. The number of amides is 2. The van der Waals surface area contributed by atoms with Gasteiger partial charge in [-0.3, -0.25) is 0 Å². The predicted molar refractivity (Wildman–Crippen MR) is 79.3 cm³/mol. The molecule has 1 rings (SSSR count). The molecule has 1 aromatic carbocycles. The Morgan fingerprint density at radius 1 is 1.35 bits per heavy atom. The zero-order valence-corrected chi connectivity index (χ0v) is 12.4. The molecule has 1 atom stereocenters. The molecule has 1 unspecified atom stereocenters. The van der Waals surface area contributed by atoms with Gasteiger partial charge in [0.2, 0.25) is 0 Å². The quantitative estimate of drug-likeness (QED) is 0.867. The third-order valence-corrected chi connectivity index (χ3v) is 3.53. The Hall–Kier alpha value is -2.04. The molecule has 0 aliphatic heterocycles. The molecule has 0 aliphatic carbocycles. The molecule has 2 amide bonds. The third-order valence-electron chi connectivity index (χ3n) is 3.53. The molecule has 0 heterocycles. The molecule has 2 N–H and O–H groups in total. The van der Waals surface area contributed by atoms with Crippen molar-refractivity contribution in [3.05, 3.63) is 29.3 Å². The maximum absolute atomic E-state index is 12.2. The van der Waals surface area contributed by atoms with Gasteiger partial charge in [-0.2, -0.15) is 0 Å². The standard InChI is InChI=1S/C15H22N2O3/c1-5-10(3)17(6-2)15(20)16-13-9-7-8-12(11(13)4)14(18)19/h7-10H,5-6H2,1-4H3,(H,16,20)(H,18,19). The monoisotopic (exact) mass is 278 g/mol. The number of carbonyl (C=O) groups is 2. The molecule has 5 heteroatoms. The van der Waals surface area contributed by atoms with Crippen LogP contribution in [0, 0.1) is 6.92 Å². The minimum atomic E-state index is -0.993. The van der Waals surface area contributed by atoms with Gasteiger partial charge in [0.25, 0.3) is 0 Å². The van der Waals surface area contributed by atoms with E-state index in [1.165, 1.54) is 6.07 Å². The topological polar surface area (TPSA) is 69.6 Å². The summed E-state index contributed by atoms with van der Waals surface area (Å²) < 4.78 is 0. The van der Waals surface area contributed by atoms with Crippen LogP contribution in [0.25, 0.3) is 0 Å². The molecule has 1 aromatic rings. The van der Waals surface area contributed by atoms with E-state index in [0.717, 1.165) is 6.42 Å². The van der Waals surface area contributed by atoms with Crippen molar-refractivity contribution in [1.82, 2.24) is 4.90 Å². The molecule has 0 bridgehead atoms. The van der Waals surface area contributed by atoms with Crippen molar-refractivity contribution in [2.24, 2.45) is 0 Å². The molecule has 0 saturated heterocycles. The van der Waals surface area contributed by atoms with Crippen LogP contribution in [0.3, 0.4) is 0 Å². The van der Waals surface area contributed by atoms with Gasteiger partial charge >= 0.3 is 12.0 Å². The Kier molecular flexibility index (Phi) is 5.55. The number of rotatable bonds is 5. The van der Waals surface area contributed by atoms with E-state index in [9.17, 15) is 9.59 Å². The number of urea groups is 1. The number of nitrogens with one attached hydrogen (secondary N) is 1. The first-order valence-corrected chi connectivity index (χ1v) is 6.82. The number of carbonyl (C=O) groups excluding carboxylic acids is 1. The van der Waals surface area contributed by atoms with Gasteiger partial charge in [0, 0.05) is 18.3 Å². The number of benzene rings is 1. The van der Waals surface area contributed by atoms with Crippen molar-refractivity contribution in [3.63, 3.8) is 0 Å². The normalized spacial score (nSPS) is 11.8. The van der Waals surface area contributed by atoms with E-state index in [0.29, 0.717) is 17.8 Å². The summed E-state index contributed by atoms with van der Waals surface area (Å²) in [5, 5.41) is 11.9. The molecule has 110 valence electrons. The molecule has 0 aromatic heterocycles. The Labute approximate surface area is 119 Å². The SMILES string of the molecule is CCC(C)N(CC)C(=O)Nc1cccc(C(=O)O)c1C. The van der Waals surface area contributed by atoms with E-state index in [4.69, 9.17) is 5.11 Å². The molecule has 0 saturated carbocycles. The molecule has 0 radical (unpaired) electrons. The van der Waals surface area contributed by atoms with Crippen LogP contribution in [-0.2, 0) is 0 Å². The smallest absolute Gasteiger partial charge is 0.336 e. The first-order chi connectivity index (χ1) is 9.42. The van der Waals surface area contributed by atoms with Crippen molar-refractivity contribution in [2.45, 2.75) is 40.2 Å². The number of carboxylic acid groups (broad SMARTS) is 1. The summed E-state index contributed by atoms with van der Waals surface area (Å²) >= 11 is 0. The summed E-state index contributed by atoms with van der Waals surface area (Å²) in [7, 11) is 0. The van der Waals surface area contributed by atoms with Crippen molar-refractivity contribution >= 4 is 17.7 Å². The van der Waals surface area contributed by atoms with E-state index in [1.807, 2.05) is 20.8 Å². The van der Waals surface area contributed by atoms with E-state index < -0.39 is 5.97 Å². The summed E-state index contributed by atoms with van der Waals surface area (Å²) in [6.07, 6.45) is 0.870. The number of aromatic carboxylic acids is 1. The van der Waals surface area contributed by atoms with E-state index >= 15 is 0 Å². The van der Waals surface area contributed by atoms with Crippen LogP contribution < -0.4 is 5.32 Å². The van der Waals surface area contributed by atoms with Crippen LogP contribution in [0.2, 0.25) is 0 Å². The van der Waals surface area contributed by atoms with Crippen molar-refractivity contribution in [1.29, 1.82) is 0 Å². The van der Waals surface area contributed by atoms with Crippen LogP contribution in [0.4, 0.5) is 10.5 Å². The van der Waals surface area contributed by atoms with Gasteiger partial charge in [0.1, 0.15) is 0 Å². The lowest BCUT2D eigenvalue weighted by atomic mass is 10.1. The Bertz CT molecular complexity index is 500. The van der Waals surface area contributed by atoms with Crippen LogP contribution in [0.5, 0.6) is 0 Å². The number of anilines is 1. The van der Waals surface area contributed by atoms with E-state index in [-0.39, 0.29) is 17.6 Å². The molecule has 0 spiro atoms. The fourth-order valence-electron chi connectivity index (χ4n) is 2.07. The van der Waals surface area contributed by atoms with Gasteiger partial charge in [0.05, 0.1) is 5.56 Å². The predicted octanol–water partition coefficient (Wildman–Crippen LogP) is 3.35. The number of hydrogen-bond donors (Lipinski definition) is 2. The van der Waals surface area contributed by atoms with Crippen molar-refractivity contribution in [2.75, 3.05) is 11.9 Å². The average molecular weight is 278 g/mol. The number of nitrogens with zero attached hydrogens (tertiary/aromatic N) is 1. The summed E-state index contributed by atoms with van der Waals surface area (Å²) in [4.78, 5) is 25.1. The average Bonchev–Trinajstić information content (AvgIpc) is 2.41. The van der Waals surface area contributed by atoms with Crippen LogP contribution in [0.15, 0.2) is 18.2 Å². The highest BCUT2D eigenvalue weighted by Gasteiger charge is 2.18. The Morgan fingerprint density at radius 3 is 2.50 bits per heavy atom. The molecule has 5 nitrogen and oxygen atoms in total. The summed E-state index contributed by atoms with van der Waals surface area (Å²) in [6, 6.07) is 4.81. The summed E-state index contributed by atoms with van der Waals surface area (Å²) in [5.41, 5.74) is 1.31. The first-order valence-electron chi connectivity index (χ1n) is 6.82. The fourth-order valence-corrected chi connectivity index (χ4v) is 2.07. The molecule has 0 aliphatic rings. The third kappa shape index (κ3) is 3.50. The lowest BCUT2D eigenvalue weighted by molar-refractivity contribution is 0.0696. The summed E-state index contributed by atoms with van der Waals surface area (Å²) in [6.45, 7) is 8.24. The lowest BCUT2D eigenvalue weighted by Crippen LogP contribution is -2.41. The Balaban J connectivity index is 2.96. The van der Waals surface area contributed by atoms with Gasteiger partial charge in [-0.15, -0.1) is 0 Å². The minimum absolute atomic E-state index is 0.142. The zero-order chi connectivity index (χ0) is 15.3. The fraction of sp³-hybridized carbons (Fsp3) is 0.467. The van der Waals surface area contributed by atoms with Crippen LogP contribution in [-0.4, -0.2) is 34.6 Å². The van der Waals surface area contributed by atoms with Crippen LogP contribution in [0.1, 0.15) is 43.1 Å². The number of hydrogen-bond acceptors (Lipinski definition) is 2. The van der Waals surface area contributed by atoms with Crippen molar-refractivity contribution < 1.29 is 14.7 Å². The maximum atomic E-state index is 12.2. The van der Waals surface area contributed by atoms with Gasteiger partial charge in [-0.1, -0.05) is 13.0 Å². The molecular formula is C15H22N2O3. The second-order valence-electron chi connectivity index (χ2n) is 4.76. The van der Waals surface area contributed by atoms with Crippen LogP contribution >= 0.6 is 0 Å². The minimum Gasteiger partial charge on any atom is -0.478 e. The largest absolute Gasteiger partial charge is 0.478 e. The molecule has 20 heavy (non-hydrogen) atoms. The molecular weight excluding hydrogens is 256 g/mol. The first kappa shape index (κ1) is 16.0.